The topological polar surface area (TPSA) is 308 Å². The average molecular weight is 898 g/mol. The highest BCUT2D eigenvalue weighted by Gasteiger charge is 2.35. The van der Waals surface area contributed by atoms with Gasteiger partial charge in [-0.1, -0.05) is 51.1 Å². The molecular formula is C46H59N9O10. The van der Waals surface area contributed by atoms with Crippen LogP contribution in [-0.4, -0.2) is 118 Å². The van der Waals surface area contributed by atoms with Gasteiger partial charge in [-0.05, 0) is 73.2 Å². The van der Waals surface area contributed by atoms with Crippen LogP contribution in [0.4, 0.5) is 0 Å². The van der Waals surface area contributed by atoms with E-state index < -0.39 is 66.1 Å². The number of hydrogen-bond acceptors (Lipinski definition) is 14. The number of carboxylic acids is 1. The molecule has 12 N–H and O–H groups in total. The van der Waals surface area contributed by atoms with Crippen LogP contribution in [0.15, 0.2) is 54.6 Å². The standard InChI is InChI=1S/C46H59N9O10/c1-24-38(34(21-49)53-41(51-24)27-9-11-29(12-10-27)46(3,4)5)43(60)50-22-37(57)55(6)39-28-18-32(40(58)36(19-28)65-23-30(56)20-48)31-16-26(8-13-35(31)64-15-7-14-47)17-33(45(62)63)54-42(59)25(2)52-44(39)61/h8-13,16,18-19,25,30,33,39,56,58H,7,14-15,17,20-23,47-49H2,1-6H3,(H,50,60)(H,52,61)(H,54,59)(H,62,63)/t25-,30+,33-,39-/m0/s1. The maximum atomic E-state index is 14.4. The fraction of sp³-hybridized carbons (Fsp3) is 0.413. The number of benzene rings is 3. The fourth-order valence-electron chi connectivity index (χ4n) is 7.14. The Bertz CT molecular complexity index is 2400. The highest BCUT2D eigenvalue weighted by Crippen LogP contribution is 2.44. The van der Waals surface area contributed by atoms with E-state index in [1.807, 2.05) is 24.3 Å². The van der Waals surface area contributed by atoms with Gasteiger partial charge in [0, 0.05) is 43.2 Å². The number of amides is 4. The van der Waals surface area contributed by atoms with Crippen molar-refractivity contribution in [3.63, 3.8) is 0 Å². The van der Waals surface area contributed by atoms with Gasteiger partial charge in [0.25, 0.3) is 5.91 Å². The molecular weight excluding hydrogens is 839 g/mol. The summed E-state index contributed by atoms with van der Waals surface area (Å²) in [5.41, 5.74) is 20.6. The zero-order valence-electron chi connectivity index (χ0n) is 37.4. The summed E-state index contributed by atoms with van der Waals surface area (Å²) in [6.45, 7) is 8.46. The van der Waals surface area contributed by atoms with Crippen molar-refractivity contribution < 1.29 is 48.8 Å². The van der Waals surface area contributed by atoms with Crippen LogP contribution in [0.25, 0.3) is 22.5 Å². The number of phenols is 1. The van der Waals surface area contributed by atoms with E-state index in [9.17, 15) is 39.3 Å². The average Bonchev–Trinajstić information content (AvgIpc) is 3.27. The minimum Gasteiger partial charge on any atom is -0.504 e. The second kappa shape index (κ2) is 21.3. The lowest BCUT2D eigenvalue weighted by Crippen LogP contribution is -2.53. The summed E-state index contributed by atoms with van der Waals surface area (Å²) in [6, 6.07) is 10.9. The van der Waals surface area contributed by atoms with E-state index in [1.54, 1.807) is 25.1 Å². The molecule has 0 aliphatic carbocycles. The fourth-order valence-corrected chi connectivity index (χ4v) is 7.14. The van der Waals surface area contributed by atoms with Crippen LogP contribution >= 0.6 is 0 Å². The van der Waals surface area contributed by atoms with Crippen LogP contribution in [0.5, 0.6) is 17.2 Å². The highest BCUT2D eigenvalue weighted by atomic mass is 16.5. The van der Waals surface area contributed by atoms with Gasteiger partial charge >= 0.3 is 5.97 Å². The summed E-state index contributed by atoms with van der Waals surface area (Å²) in [6.07, 6.45) is -0.876. The molecule has 5 rings (SSSR count). The van der Waals surface area contributed by atoms with Crippen molar-refractivity contribution in [2.45, 2.75) is 83.6 Å². The number of aliphatic carboxylic acids is 1. The Balaban J connectivity index is 1.56. The number of hydrogen-bond donors (Lipinski definition) is 9. The molecule has 0 saturated heterocycles. The van der Waals surface area contributed by atoms with Crippen LogP contribution in [0.3, 0.4) is 0 Å². The maximum absolute atomic E-state index is 14.4. The Morgan fingerprint density at radius 2 is 1.66 bits per heavy atom. The van der Waals surface area contributed by atoms with E-state index in [0.29, 0.717) is 30.0 Å². The number of aromatic nitrogens is 2. The van der Waals surface area contributed by atoms with Crippen LogP contribution in [0, 0.1) is 6.92 Å². The third-order valence-electron chi connectivity index (χ3n) is 10.9. The van der Waals surface area contributed by atoms with E-state index in [1.165, 1.54) is 26.1 Å². The van der Waals surface area contributed by atoms with Gasteiger partial charge < -0.3 is 62.8 Å². The van der Waals surface area contributed by atoms with E-state index in [2.05, 4.69) is 46.7 Å². The number of ether oxygens (including phenoxy) is 2. The first-order chi connectivity index (χ1) is 30.8. The van der Waals surface area contributed by atoms with Gasteiger partial charge in [-0.3, -0.25) is 19.2 Å². The van der Waals surface area contributed by atoms with Gasteiger partial charge in [0.15, 0.2) is 17.3 Å². The summed E-state index contributed by atoms with van der Waals surface area (Å²) in [7, 11) is 1.31. The molecule has 4 amide bonds. The first kappa shape index (κ1) is 49.3. The van der Waals surface area contributed by atoms with Gasteiger partial charge in [-0.2, -0.15) is 0 Å². The third kappa shape index (κ3) is 11.9. The molecule has 2 heterocycles. The number of carbonyl (C=O) groups excluding carboxylic acids is 4. The predicted octanol–water partition coefficient (Wildman–Crippen LogP) is 1.57. The molecule has 4 aromatic rings. The van der Waals surface area contributed by atoms with E-state index >= 15 is 0 Å². The van der Waals surface area contributed by atoms with Crippen molar-refractivity contribution in [3.05, 3.63) is 88.2 Å². The lowest BCUT2D eigenvalue weighted by Gasteiger charge is -2.30. The van der Waals surface area contributed by atoms with Crippen molar-refractivity contribution in [1.82, 2.24) is 30.8 Å². The quantitative estimate of drug-likeness (QED) is 0.0765. The number of phenolic OH excluding ortho intramolecular Hbond substituents is 1. The van der Waals surface area contributed by atoms with Crippen molar-refractivity contribution in [2.75, 3.05) is 39.9 Å². The molecule has 4 bridgehead atoms. The number of nitrogens with zero attached hydrogens (tertiary/aromatic N) is 3. The van der Waals surface area contributed by atoms with Crippen LogP contribution < -0.4 is 42.6 Å². The largest absolute Gasteiger partial charge is 0.504 e. The van der Waals surface area contributed by atoms with Crippen LogP contribution in [-0.2, 0) is 37.6 Å². The summed E-state index contributed by atoms with van der Waals surface area (Å²) >= 11 is 0. The van der Waals surface area contributed by atoms with Crippen molar-refractivity contribution in [3.8, 4) is 39.8 Å². The van der Waals surface area contributed by atoms with Gasteiger partial charge in [0.05, 0.1) is 30.1 Å². The van der Waals surface area contributed by atoms with Gasteiger partial charge in [-0.15, -0.1) is 0 Å². The molecule has 1 aliphatic heterocycles. The second-order valence-electron chi connectivity index (χ2n) is 16.8. The monoisotopic (exact) mass is 897 g/mol. The van der Waals surface area contributed by atoms with Crippen molar-refractivity contribution >= 4 is 29.6 Å². The molecule has 65 heavy (non-hydrogen) atoms. The molecule has 3 aromatic carbocycles. The molecule has 0 radical (unpaired) electrons. The maximum Gasteiger partial charge on any atom is 0.326 e. The van der Waals surface area contributed by atoms with Gasteiger partial charge in [0.1, 0.15) is 36.6 Å². The zero-order valence-corrected chi connectivity index (χ0v) is 37.4. The number of nitrogens with one attached hydrogen (secondary N) is 3. The third-order valence-corrected chi connectivity index (χ3v) is 10.9. The molecule has 0 unspecified atom stereocenters. The normalized spacial score (nSPS) is 16.9. The number of carbonyl (C=O) groups is 5. The van der Waals surface area contributed by atoms with Crippen molar-refractivity contribution in [1.29, 1.82) is 0 Å². The number of aromatic hydroxyl groups is 1. The molecule has 348 valence electrons. The summed E-state index contributed by atoms with van der Waals surface area (Å²) in [5, 5.41) is 39.9. The number of rotatable bonds is 15. The SMILES string of the molecule is Cc1nc(-c2ccc(C(C)(C)C)cc2)nc(CN)c1C(=O)NCC(=O)N(C)[C@@H]1C(=O)N[C@@H](C)C(=O)N[C@H](C(=O)O)Cc2ccc(OCCCN)c(c2)-c2cc1cc(OC[C@H](O)CN)c2O. The molecule has 0 saturated carbocycles. The van der Waals surface area contributed by atoms with Gasteiger partial charge in [-0.25, -0.2) is 14.8 Å². The highest BCUT2D eigenvalue weighted by molar-refractivity contribution is 5.99. The molecule has 19 heteroatoms. The minimum atomic E-state index is -1.58. The zero-order chi connectivity index (χ0) is 47.7. The molecule has 4 atom stereocenters. The number of likely N-dealkylation sites (N-methyl/N-ethyl adjacent to an activating group) is 1. The second-order valence-corrected chi connectivity index (χ2v) is 16.8. The molecule has 0 fully saturated rings. The van der Waals surface area contributed by atoms with Crippen LogP contribution in [0.1, 0.15) is 78.6 Å². The molecule has 19 nitrogen and oxygen atoms in total. The van der Waals surface area contributed by atoms with Gasteiger partial charge in [0.2, 0.25) is 17.7 Å². The Morgan fingerprint density at radius 3 is 2.29 bits per heavy atom. The number of aliphatic hydroxyl groups is 1. The molecule has 0 spiro atoms. The molecule has 1 aromatic heterocycles. The van der Waals surface area contributed by atoms with E-state index in [0.717, 1.165) is 16.0 Å². The number of nitrogens with two attached hydrogens (primary N) is 3. The lowest BCUT2D eigenvalue weighted by atomic mass is 9.86. The van der Waals surface area contributed by atoms with Crippen LogP contribution in [0.2, 0.25) is 0 Å². The summed E-state index contributed by atoms with van der Waals surface area (Å²) < 4.78 is 11.9. The smallest absolute Gasteiger partial charge is 0.326 e. The minimum absolute atomic E-state index is 0.0516. The predicted molar refractivity (Wildman–Crippen MR) is 241 cm³/mol. The van der Waals surface area contributed by atoms with E-state index in [-0.39, 0.29) is 77.6 Å². The summed E-state index contributed by atoms with van der Waals surface area (Å²) in [4.78, 5) is 78.4. The first-order valence-corrected chi connectivity index (χ1v) is 21.2. The number of carboxylic acid groups (broad SMARTS) is 1. The van der Waals surface area contributed by atoms with Crippen molar-refractivity contribution in [2.24, 2.45) is 17.2 Å². The Labute approximate surface area is 377 Å². The Hall–Kier alpha value is -6.67. The first-order valence-electron chi connectivity index (χ1n) is 21.2. The molecule has 1 aliphatic rings. The number of aryl methyl sites for hydroxylation is 1. The number of aliphatic hydroxyl groups excluding tert-OH is 1. The Kier molecular flexibility index (Phi) is 16.2. The Morgan fingerprint density at radius 1 is 0.954 bits per heavy atom. The summed E-state index contributed by atoms with van der Waals surface area (Å²) in [5.74, 6) is -4.57. The number of fused-ring (bicyclic) bond motifs is 5. The van der Waals surface area contributed by atoms with E-state index in [4.69, 9.17) is 26.7 Å². The lowest BCUT2D eigenvalue weighted by molar-refractivity contribution is -0.142.